The molecule has 0 aliphatic carbocycles. The average Bonchev–Trinajstić information content (AvgIpc) is 2.27. The van der Waals surface area contributed by atoms with Crippen molar-refractivity contribution in [1.82, 2.24) is 0 Å². The molecule has 1 aliphatic heterocycles. The Morgan fingerprint density at radius 3 is 2.19 bits per heavy atom. The van der Waals surface area contributed by atoms with Gasteiger partial charge in [-0.2, -0.15) is 0 Å². The highest BCUT2D eigenvalue weighted by atomic mass is 19.1. The summed E-state index contributed by atoms with van der Waals surface area (Å²) in [6.07, 6.45) is 0. The second-order valence-corrected chi connectivity index (χ2v) is 7.43. The number of rotatable bonds is 2. The third-order valence-electron chi connectivity index (χ3n) is 3.84. The molecule has 1 aliphatic rings. The third-order valence-corrected chi connectivity index (χ3v) is 3.84. The molecule has 118 valence electrons. The van der Waals surface area contributed by atoms with Gasteiger partial charge in [0, 0.05) is 24.8 Å². The second kappa shape index (κ2) is 5.25. The molecule has 1 heterocycles. The number of morpholine rings is 1. The first-order chi connectivity index (χ1) is 9.51. The van der Waals surface area contributed by atoms with E-state index >= 15 is 0 Å². The zero-order valence-electron chi connectivity index (χ0n) is 14.0. The first-order valence-electron chi connectivity index (χ1n) is 7.51. The van der Waals surface area contributed by atoms with Crippen LogP contribution in [0.2, 0.25) is 0 Å². The molecule has 2 rings (SSSR count). The predicted molar refractivity (Wildman–Crippen MR) is 85.2 cm³/mol. The fourth-order valence-electron chi connectivity index (χ4n) is 3.28. The van der Waals surface area contributed by atoms with Crippen molar-refractivity contribution in [3.63, 3.8) is 0 Å². The highest BCUT2D eigenvalue weighted by molar-refractivity contribution is 5.58. The lowest BCUT2D eigenvalue weighted by molar-refractivity contribution is -0.133. The van der Waals surface area contributed by atoms with Crippen LogP contribution in [0.1, 0.15) is 51.8 Å². The van der Waals surface area contributed by atoms with Crippen LogP contribution in [0.3, 0.4) is 0 Å². The van der Waals surface area contributed by atoms with Crippen LogP contribution in [-0.4, -0.2) is 24.3 Å². The molecule has 1 fully saturated rings. The summed E-state index contributed by atoms with van der Waals surface area (Å²) in [5.41, 5.74) is 8.07. The smallest absolute Gasteiger partial charge is 0.126 e. The highest BCUT2D eigenvalue weighted by Gasteiger charge is 2.39. The summed E-state index contributed by atoms with van der Waals surface area (Å²) in [5, 5.41) is 0. The Morgan fingerprint density at radius 1 is 1.19 bits per heavy atom. The van der Waals surface area contributed by atoms with Crippen molar-refractivity contribution in [3.05, 3.63) is 29.1 Å². The molecule has 2 N–H and O–H groups in total. The number of nitrogens with zero attached hydrogens (tertiary/aromatic N) is 1. The minimum absolute atomic E-state index is 0.196. The van der Waals surface area contributed by atoms with Crippen LogP contribution in [-0.2, 0) is 4.74 Å². The molecule has 4 heteroatoms. The summed E-state index contributed by atoms with van der Waals surface area (Å²) >= 11 is 0. The predicted octanol–water partition coefficient (Wildman–Crippen LogP) is 3.55. The lowest BCUT2D eigenvalue weighted by Gasteiger charge is -2.48. The molecular weight excluding hydrogens is 267 g/mol. The Hall–Kier alpha value is -1.13. The van der Waals surface area contributed by atoms with E-state index in [0.29, 0.717) is 5.56 Å². The number of hydrogen-bond acceptors (Lipinski definition) is 3. The van der Waals surface area contributed by atoms with Gasteiger partial charge in [-0.05, 0) is 64.8 Å². The van der Waals surface area contributed by atoms with Crippen molar-refractivity contribution >= 4 is 5.69 Å². The van der Waals surface area contributed by atoms with Gasteiger partial charge in [0.05, 0.1) is 11.2 Å². The van der Waals surface area contributed by atoms with Crippen LogP contribution >= 0.6 is 0 Å². The van der Waals surface area contributed by atoms with Gasteiger partial charge in [0.25, 0.3) is 0 Å². The molecule has 0 spiro atoms. The summed E-state index contributed by atoms with van der Waals surface area (Å²) in [7, 11) is 0. The van der Waals surface area contributed by atoms with Crippen molar-refractivity contribution < 1.29 is 9.13 Å². The molecule has 0 bridgehead atoms. The number of nitrogens with two attached hydrogens (primary N) is 1. The van der Waals surface area contributed by atoms with Crippen LogP contribution in [0.5, 0.6) is 0 Å². The fraction of sp³-hybridized carbons (Fsp3) is 0.647. The van der Waals surface area contributed by atoms with E-state index in [1.807, 2.05) is 13.0 Å². The van der Waals surface area contributed by atoms with Crippen LogP contribution in [0.25, 0.3) is 0 Å². The van der Waals surface area contributed by atoms with Crippen molar-refractivity contribution in [2.24, 2.45) is 5.73 Å². The number of ether oxygens (including phenoxy) is 1. The Bertz CT molecular complexity index is 522. The van der Waals surface area contributed by atoms with E-state index in [4.69, 9.17) is 10.5 Å². The lowest BCUT2D eigenvalue weighted by atomic mass is 9.95. The summed E-state index contributed by atoms with van der Waals surface area (Å²) in [4.78, 5) is 2.27. The molecule has 1 aromatic carbocycles. The Labute approximate surface area is 127 Å². The third kappa shape index (κ3) is 3.55. The maximum Gasteiger partial charge on any atom is 0.126 e. The van der Waals surface area contributed by atoms with Gasteiger partial charge >= 0.3 is 0 Å². The minimum Gasteiger partial charge on any atom is -0.366 e. The Balaban J connectivity index is 2.47. The van der Waals surface area contributed by atoms with Crippen molar-refractivity contribution in [1.29, 1.82) is 0 Å². The monoisotopic (exact) mass is 294 g/mol. The van der Waals surface area contributed by atoms with E-state index in [-0.39, 0.29) is 23.1 Å². The largest absolute Gasteiger partial charge is 0.366 e. The zero-order valence-corrected chi connectivity index (χ0v) is 14.0. The Kier molecular flexibility index (Phi) is 4.06. The maximum atomic E-state index is 13.9. The molecule has 3 nitrogen and oxygen atoms in total. The zero-order chi connectivity index (χ0) is 16.0. The molecule has 1 saturated heterocycles. The molecule has 0 unspecified atom stereocenters. The van der Waals surface area contributed by atoms with Crippen LogP contribution in [0, 0.1) is 12.7 Å². The van der Waals surface area contributed by atoms with E-state index in [1.165, 1.54) is 0 Å². The summed E-state index contributed by atoms with van der Waals surface area (Å²) in [5.74, 6) is -0.196. The van der Waals surface area contributed by atoms with Gasteiger partial charge in [0.2, 0.25) is 0 Å². The SMILES string of the molecule is Cc1cc(N2CC(C)(C)OC(C)(C)C2)c([C@@H](C)N)cc1F. The van der Waals surface area contributed by atoms with Crippen molar-refractivity contribution in [2.45, 2.75) is 58.8 Å². The first-order valence-corrected chi connectivity index (χ1v) is 7.51. The van der Waals surface area contributed by atoms with Gasteiger partial charge in [0.1, 0.15) is 5.82 Å². The van der Waals surface area contributed by atoms with E-state index in [9.17, 15) is 4.39 Å². The molecule has 0 saturated carbocycles. The van der Waals surface area contributed by atoms with Gasteiger partial charge in [-0.15, -0.1) is 0 Å². The minimum atomic E-state index is -0.251. The van der Waals surface area contributed by atoms with Crippen LogP contribution in [0.15, 0.2) is 12.1 Å². The quantitative estimate of drug-likeness (QED) is 0.906. The molecule has 0 radical (unpaired) electrons. The summed E-state index contributed by atoms with van der Waals surface area (Å²) < 4.78 is 20.0. The summed E-state index contributed by atoms with van der Waals surface area (Å²) in [6.45, 7) is 13.6. The first kappa shape index (κ1) is 16.2. The summed E-state index contributed by atoms with van der Waals surface area (Å²) in [6, 6.07) is 3.28. The van der Waals surface area contributed by atoms with E-state index < -0.39 is 0 Å². The van der Waals surface area contributed by atoms with E-state index in [1.54, 1.807) is 13.0 Å². The molecule has 1 atom stereocenters. The van der Waals surface area contributed by atoms with Crippen LogP contribution in [0.4, 0.5) is 10.1 Å². The van der Waals surface area contributed by atoms with Crippen molar-refractivity contribution in [2.75, 3.05) is 18.0 Å². The molecule has 21 heavy (non-hydrogen) atoms. The van der Waals surface area contributed by atoms with Gasteiger partial charge in [-0.25, -0.2) is 4.39 Å². The van der Waals surface area contributed by atoms with Crippen molar-refractivity contribution in [3.8, 4) is 0 Å². The van der Waals surface area contributed by atoms with Gasteiger partial charge in [0.15, 0.2) is 0 Å². The number of benzene rings is 1. The van der Waals surface area contributed by atoms with Gasteiger partial charge < -0.3 is 15.4 Å². The van der Waals surface area contributed by atoms with E-state index in [0.717, 1.165) is 24.3 Å². The number of hydrogen-bond donors (Lipinski definition) is 1. The number of halogens is 1. The lowest BCUT2D eigenvalue weighted by Crippen LogP contribution is -2.57. The topological polar surface area (TPSA) is 38.5 Å². The second-order valence-electron chi connectivity index (χ2n) is 7.43. The van der Waals surface area contributed by atoms with Gasteiger partial charge in [-0.3, -0.25) is 0 Å². The maximum absolute atomic E-state index is 13.9. The molecule has 1 aromatic rings. The standard InChI is InChI=1S/C17H27FN2O/c1-11-7-15(13(12(2)19)8-14(11)18)20-9-16(3,4)21-17(5,6)10-20/h7-8,12H,9-10,19H2,1-6H3/t12-/m1/s1. The normalized spacial score (nSPS) is 22.2. The molecule has 0 aromatic heterocycles. The molecule has 0 amide bonds. The Morgan fingerprint density at radius 2 is 1.71 bits per heavy atom. The average molecular weight is 294 g/mol. The van der Waals surface area contributed by atoms with Gasteiger partial charge in [-0.1, -0.05) is 0 Å². The highest BCUT2D eigenvalue weighted by Crippen LogP contribution is 2.35. The number of aryl methyl sites for hydroxylation is 1. The number of anilines is 1. The fourth-order valence-corrected chi connectivity index (χ4v) is 3.28. The van der Waals surface area contributed by atoms with E-state index in [2.05, 4.69) is 32.6 Å². The van der Waals surface area contributed by atoms with Crippen LogP contribution < -0.4 is 10.6 Å². The molecular formula is C17H27FN2O.